The highest BCUT2D eigenvalue weighted by atomic mass is 16.2. The minimum Gasteiger partial charge on any atom is -0.372 e. The SMILES string of the molecule is CNc1ncccc1C(=O)NC1CCN(C(=O)N2CCCC2)CC1. The summed E-state index contributed by atoms with van der Waals surface area (Å²) in [5, 5.41) is 6.00. The molecule has 0 unspecified atom stereocenters. The Balaban J connectivity index is 1.51. The summed E-state index contributed by atoms with van der Waals surface area (Å²) in [7, 11) is 1.75. The summed E-state index contributed by atoms with van der Waals surface area (Å²) in [6, 6.07) is 3.78. The van der Waals surface area contributed by atoms with E-state index in [0.717, 1.165) is 38.8 Å². The van der Waals surface area contributed by atoms with Gasteiger partial charge in [0.15, 0.2) is 0 Å². The number of pyridine rings is 1. The molecule has 2 aliphatic rings. The van der Waals surface area contributed by atoms with Gasteiger partial charge < -0.3 is 20.4 Å². The van der Waals surface area contributed by atoms with Crippen molar-refractivity contribution >= 4 is 17.8 Å². The molecule has 2 aliphatic heterocycles. The maximum absolute atomic E-state index is 12.4. The van der Waals surface area contributed by atoms with Crippen LogP contribution in [0.15, 0.2) is 18.3 Å². The number of carbonyl (C=O) groups is 2. The van der Waals surface area contributed by atoms with Crippen LogP contribution in [0, 0.1) is 0 Å². The van der Waals surface area contributed by atoms with Crippen LogP contribution in [0.3, 0.4) is 0 Å². The Kier molecular flexibility index (Phi) is 5.17. The van der Waals surface area contributed by atoms with Gasteiger partial charge in [0.1, 0.15) is 5.82 Å². The zero-order valence-corrected chi connectivity index (χ0v) is 14.1. The fourth-order valence-electron chi connectivity index (χ4n) is 3.37. The summed E-state index contributed by atoms with van der Waals surface area (Å²) in [5.74, 6) is 0.466. The number of hydrogen-bond donors (Lipinski definition) is 2. The molecule has 2 saturated heterocycles. The van der Waals surface area contributed by atoms with Gasteiger partial charge in [-0.1, -0.05) is 0 Å². The third-order valence-corrected chi connectivity index (χ3v) is 4.77. The monoisotopic (exact) mass is 331 g/mol. The van der Waals surface area contributed by atoms with Crippen LogP contribution in [0.2, 0.25) is 0 Å². The second kappa shape index (κ2) is 7.51. The molecule has 0 spiro atoms. The van der Waals surface area contributed by atoms with E-state index in [1.165, 1.54) is 0 Å². The lowest BCUT2D eigenvalue weighted by atomic mass is 10.0. The van der Waals surface area contributed by atoms with Crippen LogP contribution in [0.4, 0.5) is 10.6 Å². The molecule has 0 atom stereocenters. The van der Waals surface area contributed by atoms with Crippen LogP contribution in [0.5, 0.6) is 0 Å². The summed E-state index contributed by atoms with van der Waals surface area (Å²) in [6.45, 7) is 3.16. The van der Waals surface area contributed by atoms with Crippen molar-refractivity contribution in [1.29, 1.82) is 0 Å². The Labute approximate surface area is 142 Å². The molecule has 0 aliphatic carbocycles. The second-order valence-corrected chi connectivity index (χ2v) is 6.36. The molecule has 0 saturated carbocycles. The fraction of sp³-hybridized carbons (Fsp3) is 0.588. The molecule has 130 valence electrons. The van der Waals surface area contributed by atoms with E-state index in [-0.39, 0.29) is 18.0 Å². The van der Waals surface area contributed by atoms with Crippen LogP contribution in [0.1, 0.15) is 36.0 Å². The number of amides is 3. The molecule has 2 N–H and O–H groups in total. The van der Waals surface area contributed by atoms with Gasteiger partial charge in [-0.2, -0.15) is 0 Å². The van der Waals surface area contributed by atoms with Gasteiger partial charge in [0.05, 0.1) is 5.56 Å². The first-order valence-corrected chi connectivity index (χ1v) is 8.66. The van der Waals surface area contributed by atoms with Crippen molar-refractivity contribution in [2.45, 2.75) is 31.7 Å². The predicted octanol–water partition coefficient (Wildman–Crippen LogP) is 1.53. The molecular formula is C17H25N5O2. The van der Waals surface area contributed by atoms with E-state index < -0.39 is 0 Å². The van der Waals surface area contributed by atoms with Crippen molar-refractivity contribution in [3.63, 3.8) is 0 Å². The molecule has 3 heterocycles. The van der Waals surface area contributed by atoms with E-state index >= 15 is 0 Å². The number of nitrogens with zero attached hydrogens (tertiary/aromatic N) is 3. The van der Waals surface area contributed by atoms with Gasteiger partial charge in [0.2, 0.25) is 0 Å². The van der Waals surface area contributed by atoms with Crippen LogP contribution < -0.4 is 10.6 Å². The number of hydrogen-bond acceptors (Lipinski definition) is 4. The Morgan fingerprint density at radius 2 is 1.79 bits per heavy atom. The van der Waals surface area contributed by atoms with Crippen molar-refractivity contribution in [1.82, 2.24) is 20.1 Å². The average Bonchev–Trinajstić information content (AvgIpc) is 3.16. The predicted molar refractivity (Wildman–Crippen MR) is 92.0 cm³/mol. The number of urea groups is 1. The molecule has 3 rings (SSSR count). The van der Waals surface area contributed by atoms with Crippen molar-refractivity contribution in [2.24, 2.45) is 0 Å². The van der Waals surface area contributed by atoms with E-state index in [9.17, 15) is 9.59 Å². The highest BCUT2D eigenvalue weighted by Crippen LogP contribution is 2.17. The standard InChI is InChI=1S/C17H25N5O2/c1-18-15-14(5-4-8-19-15)16(23)20-13-6-11-22(12-7-13)17(24)21-9-2-3-10-21/h4-5,8,13H,2-3,6-7,9-12H2,1H3,(H,18,19)(H,20,23). The lowest BCUT2D eigenvalue weighted by Gasteiger charge is -2.34. The van der Waals surface area contributed by atoms with Crippen LogP contribution in [0.25, 0.3) is 0 Å². The quantitative estimate of drug-likeness (QED) is 0.881. The molecule has 0 bridgehead atoms. The number of rotatable bonds is 3. The lowest BCUT2D eigenvalue weighted by molar-refractivity contribution is 0.0913. The van der Waals surface area contributed by atoms with Gasteiger partial charge in [0.25, 0.3) is 5.91 Å². The fourth-order valence-corrected chi connectivity index (χ4v) is 3.37. The van der Waals surface area contributed by atoms with E-state index in [0.29, 0.717) is 24.5 Å². The van der Waals surface area contributed by atoms with Crippen molar-refractivity contribution < 1.29 is 9.59 Å². The maximum Gasteiger partial charge on any atom is 0.319 e. The van der Waals surface area contributed by atoms with Crippen LogP contribution >= 0.6 is 0 Å². The first-order chi connectivity index (χ1) is 11.7. The second-order valence-electron chi connectivity index (χ2n) is 6.36. The number of piperidine rings is 1. The number of anilines is 1. The van der Waals surface area contributed by atoms with Crippen molar-refractivity contribution in [2.75, 3.05) is 38.5 Å². The van der Waals surface area contributed by atoms with Gasteiger partial charge in [-0.15, -0.1) is 0 Å². The molecule has 1 aromatic rings. The summed E-state index contributed by atoms with van der Waals surface area (Å²) >= 11 is 0. The average molecular weight is 331 g/mol. The summed E-state index contributed by atoms with van der Waals surface area (Å²) < 4.78 is 0. The molecule has 3 amide bonds. The number of aromatic nitrogens is 1. The third kappa shape index (κ3) is 3.60. The first-order valence-electron chi connectivity index (χ1n) is 8.66. The largest absolute Gasteiger partial charge is 0.372 e. The molecule has 0 aromatic carbocycles. The smallest absolute Gasteiger partial charge is 0.319 e. The molecule has 24 heavy (non-hydrogen) atoms. The third-order valence-electron chi connectivity index (χ3n) is 4.77. The molecule has 2 fully saturated rings. The lowest BCUT2D eigenvalue weighted by Crippen LogP contribution is -2.50. The summed E-state index contributed by atoms with van der Waals surface area (Å²) in [4.78, 5) is 32.8. The zero-order chi connectivity index (χ0) is 16.9. The number of likely N-dealkylation sites (tertiary alicyclic amines) is 2. The molecule has 7 heteroatoms. The molecule has 0 radical (unpaired) electrons. The minimum absolute atomic E-state index is 0.102. The normalized spacial score (nSPS) is 18.5. The zero-order valence-electron chi connectivity index (χ0n) is 14.1. The van der Waals surface area contributed by atoms with Gasteiger partial charge in [0, 0.05) is 45.5 Å². The highest BCUT2D eigenvalue weighted by molar-refractivity contribution is 5.98. The molecule has 1 aromatic heterocycles. The topological polar surface area (TPSA) is 77.6 Å². The van der Waals surface area contributed by atoms with E-state index in [4.69, 9.17) is 0 Å². The van der Waals surface area contributed by atoms with Crippen molar-refractivity contribution in [3.8, 4) is 0 Å². The maximum atomic E-state index is 12.4. The Bertz CT molecular complexity index is 592. The summed E-state index contributed by atoms with van der Waals surface area (Å²) in [6.07, 6.45) is 5.46. The Hall–Kier alpha value is -2.31. The van der Waals surface area contributed by atoms with Gasteiger partial charge >= 0.3 is 6.03 Å². The Morgan fingerprint density at radius 1 is 1.12 bits per heavy atom. The molecular weight excluding hydrogens is 306 g/mol. The van der Waals surface area contributed by atoms with Crippen LogP contribution in [-0.2, 0) is 0 Å². The molecule has 7 nitrogen and oxygen atoms in total. The van der Waals surface area contributed by atoms with Crippen LogP contribution in [-0.4, -0.2) is 66.0 Å². The van der Waals surface area contributed by atoms with E-state index in [1.54, 1.807) is 25.4 Å². The van der Waals surface area contributed by atoms with E-state index in [1.807, 2.05) is 9.80 Å². The first kappa shape index (κ1) is 16.5. The van der Waals surface area contributed by atoms with Crippen molar-refractivity contribution in [3.05, 3.63) is 23.9 Å². The highest BCUT2D eigenvalue weighted by Gasteiger charge is 2.28. The number of nitrogens with one attached hydrogen (secondary N) is 2. The van der Waals surface area contributed by atoms with Gasteiger partial charge in [-0.25, -0.2) is 9.78 Å². The van der Waals surface area contributed by atoms with Gasteiger partial charge in [-0.3, -0.25) is 4.79 Å². The minimum atomic E-state index is -0.114. The van der Waals surface area contributed by atoms with E-state index in [2.05, 4.69) is 15.6 Å². The summed E-state index contributed by atoms with van der Waals surface area (Å²) in [5.41, 5.74) is 0.551. The van der Waals surface area contributed by atoms with Gasteiger partial charge in [-0.05, 0) is 37.8 Å². The Morgan fingerprint density at radius 3 is 2.46 bits per heavy atom. The number of carbonyl (C=O) groups excluding carboxylic acids is 2.